The van der Waals surface area contributed by atoms with Crippen LogP contribution in [0.4, 0.5) is 0 Å². The maximum absolute atomic E-state index is 4.09. The highest BCUT2D eigenvalue weighted by Gasteiger charge is 2.51. The van der Waals surface area contributed by atoms with Gasteiger partial charge in [-0.25, -0.2) is 0 Å². The van der Waals surface area contributed by atoms with Crippen molar-refractivity contribution in [3.8, 4) is 0 Å². The fourth-order valence-corrected chi connectivity index (χ4v) is 27.4. The summed E-state index contributed by atoms with van der Waals surface area (Å²) in [5.74, 6) is 0. The van der Waals surface area contributed by atoms with Crippen LogP contribution < -0.4 is 4.65 Å². The molecular weight excluding hydrogens is 313 g/mol. The molecule has 0 radical (unpaired) electrons. The second-order valence-corrected chi connectivity index (χ2v) is 22.5. The zero-order valence-electron chi connectivity index (χ0n) is 15.0. The number of hydrogen-bond donors (Lipinski definition) is 1. The van der Waals surface area contributed by atoms with E-state index >= 15 is 0 Å². The maximum atomic E-state index is 4.09. The summed E-state index contributed by atoms with van der Waals surface area (Å²) in [7, 11) is 0.678. The molecule has 1 saturated heterocycles. The van der Waals surface area contributed by atoms with Crippen LogP contribution in [0.3, 0.4) is 0 Å². The van der Waals surface area contributed by atoms with Gasteiger partial charge in [0.05, 0.1) is 0 Å². The van der Waals surface area contributed by atoms with Crippen LogP contribution in [0.5, 0.6) is 0 Å². The Kier molecular flexibility index (Phi) is 6.86. The molecule has 1 heterocycles. The van der Waals surface area contributed by atoms with Crippen LogP contribution in [0, 0.1) is 0 Å². The van der Waals surface area contributed by atoms with E-state index in [2.05, 4.69) is 72.2 Å². The monoisotopic (exact) mass is 348 g/mol. The number of rotatable bonds is 4. The highest BCUT2D eigenvalue weighted by molar-refractivity contribution is 6.96. The molecule has 0 amide bonds. The van der Waals surface area contributed by atoms with Gasteiger partial charge in [0.2, 0.25) is 0 Å². The van der Waals surface area contributed by atoms with Crippen LogP contribution in [0.2, 0.25) is 31.2 Å². The van der Waals surface area contributed by atoms with Crippen molar-refractivity contribution >= 4 is 35.8 Å². The van der Waals surface area contributed by atoms with E-state index in [0.717, 1.165) is 0 Å². The third-order valence-corrected chi connectivity index (χ3v) is 27.2. The zero-order valence-corrected chi connectivity index (χ0v) is 19.5. The molecule has 0 saturated carbocycles. The molecule has 1 fully saturated rings. The van der Waals surface area contributed by atoms with E-state index in [1.165, 1.54) is 24.7 Å². The van der Waals surface area contributed by atoms with Gasteiger partial charge in [0.15, 0.2) is 35.8 Å². The molecule has 1 rings (SSSR count). The van der Waals surface area contributed by atoms with E-state index < -0.39 is 25.9 Å². The maximum Gasteiger partial charge on any atom is 0.194 e. The third-order valence-electron chi connectivity index (χ3n) is 5.71. The molecule has 1 aliphatic heterocycles. The van der Waals surface area contributed by atoms with Crippen molar-refractivity contribution in [2.75, 3.05) is 20.6 Å². The van der Waals surface area contributed by atoms with E-state index in [1.54, 1.807) is 0 Å². The van der Waals surface area contributed by atoms with Crippen LogP contribution in [-0.4, -0.2) is 69.1 Å². The summed E-state index contributed by atoms with van der Waals surface area (Å²) in [6, 6.07) is 4.09. The summed E-state index contributed by atoms with van der Waals surface area (Å²) in [5, 5.41) is 0. The predicted molar refractivity (Wildman–Crippen MR) is 101 cm³/mol. The number of nitrogens with zero attached hydrogens (tertiary/aromatic N) is 3. The average molecular weight is 349 g/mol. The standard InChI is InChI=1S/C12H36N4Si4/c1-9-16-18(10-2)13-17-14(5)19(7,8)15(6)20(16,11-3)12-4/h13,18H,9-12,17H2,1-8H3. The van der Waals surface area contributed by atoms with Gasteiger partial charge in [-0.2, -0.15) is 0 Å². The van der Waals surface area contributed by atoms with E-state index in [9.17, 15) is 0 Å². The zero-order chi connectivity index (χ0) is 15.6. The van der Waals surface area contributed by atoms with Gasteiger partial charge in [-0.15, -0.1) is 0 Å². The third kappa shape index (κ3) is 3.07. The van der Waals surface area contributed by atoms with Crippen molar-refractivity contribution in [2.24, 2.45) is 0 Å². The topological polar surface area (TPSA) is 21.8 Å². The Balaban J connectivity index is 3.32. The lowest BCUT2D eigenvalue weighted by molar-refractivity contribution is 0.513. The van der Waals surface area contributed by atoms with E-state index in [0.29, 0.717) is 0 Å². The smallest absolute Gasteiger partial charge is 0.194 e. The van der Waals surface area contributed by atoms with Crippen molar-refractivity contribution in [2.45, 2.75) is 58.9 Å². The quantitative estimate of drug-likeness (QED) is 0.771. The normalized spacial score (nSPS) is 30.3. The molecule has 4 nitrogen and oxygen atoms in total. The lowest BCUT2D eigenvalue weighted by Crippen LogP contribution is -2.81. The molecule has 0 bridgehead atoms. The first-order valence-electron chi connectivity index (χ1n) is 8.27. The summed E-state index contributed by atoms with van der Waals surface area (Å²) >= 11 is 0. The highest BCUT2D eigenvalue weighted by Crippen LogP contribution is 2.31. The van der Waals surface area contributed by atoms with Gasteiger partial charge < -0.3 is 17.3 Å². The molecule has 0 aliphatic carbocycles. The van der Waals surface area contributed by atoms with Crippen LogP contribution in [0.25, 0.3) is 0 Å². The summed E-state index contributed by atoms with van der Waals surface area (Å²) in [6.07, 6.45) is 0. The molecular formula is C12H36N4Si4. The molecule has 8 heteroatoms. The largest absolute Gasteiger partial charge is 0.343 e. The Labute approximate surface area is 133 Å². The summed E-state index contributed by atoms with van der Waals surface area (Å²) < 4.78 is 12.8. The van der Waals surface area contributed by atoms with Gasteiger partial charge in [0, 0.05) is 0 Å². The van der Waals surface area contributed by atoms with Crippen LogP contribution >= 0.6 is 0 Å². The summed E-state index contributed by atoms with van der Waals surface area (Å²) in [4.78, 5) is 0. The predicted octanol–water partition coefficient (Wildman–Crippen LogP) is 1.20. The van der Waals surface area contributed by atoms with Crippen LogP contribution in [-0.2, 0) is 0 Å². The van der Waals surface area contributed by atoms with Gasteiger partial charge in [-0.3, -0.25) is 0 Å². The Morgan fingerprint density at radius 3 is 2.00 bits per heavy atom. The van der Waals surface area contributed by atoms with Crippen LogP contribution in [0.1, 0.15) is 27.7 Å². The Hall–Kier alpha value is 0.708. The van der Waals surface area contributed by atoms with Gasteiger partial charge >= 0.3 is 0 Å². The fourth-order valence-electron chi connectivity index (χ4n) is 3.80. The van der Waals surface area contributed by atoms with Crippen molar-refractivity contribution < 1.29 is 0 Å². The van der Waals surface area contributed by atoms with Gasteiger partial charge in [0.25, 0.3) is 0 Å². The minimum absolute atomic E-state index is 0.278. The molecule has 0 aromatic carbocycles. The van der Waals surface area contributed by atoms with Crippen molar-refractivity contribution in [3.05, 3.63) is 0 Å². The lowest BCUT2D eigenvalue weighted by Gasteiger charge is -2.58. The van der Waals surface area contributed by atoms with E-state index in [1.807, 2.05) is 0 Å². The van der Waals surface area contributed by atoms with E-state index in [-0.39, 0.29) is 9.84 Å². The number of hydrogen-bond acceptors (Lipinski definition) is 4. The SMILES string of the molecule is CCN1[SiH](CC)N[SiH2]N(C)[Si](C)(C)N(C)[Si]1(CC)CC. The first-order chi connectivity index (χ1) is 9.31. The van der Waals surface area contributed by atoms with Crippen LogP contribution in [0.15, 0.2) is 0 Å². The second-order valence-electron chi connectivity index (χ2n) is 6.51. The Bertz CT molecular complexity index is 308. The van der Waals surface area contributed by atoms with Crippen molar-refractivity contribution in [1.82, 2.24) is 17.3 Å². The Morgan fingerprint density at radius 1 is 1.05 bits per heavy atom. The van der Waals surface area contributed by atoms with Crippen molar-refractivity contribution in [3.63, 3.8) is 0 Å². The molecule has 0 aromatic rings. The molecule has 1 atom stereocenters. The first-order valence-corrected chi connectivity index (χ1v) is 16.7. The van der Waals surface area contributed by atoms with E-state index in [4.69, 9.17) is 0 Å². The fraction of sp³-hybridized carbons (Fsp3) is 1.00. The molecule has 1 aliphatic rings. The number of nitrogens with one attached hydrogen (secondary N) is 1. The molecule has 20 heavy (non-hydrogen) atoms. The van der Waals surface area contributed by atoms with Gasteiger partial charge in [-0.1, -0.05) is 27.7 Å². The minimum atomic E-state index is -1.50. The summed E-state index contributed by atoms with van der Waals surface area (Å²) in [6.45, 7) is 16.0. The molecule has 0 spiro atoms. The average Bonchev–Trinajstić information content (AvgIpc) is 2.45. The Morgan fingerprint density at radius 2 is 1.60 bits per heavy atom. The minimum Gasteiger partial charge on any atom is -0.343 e. The molecule has 1 unspecified atom stereocenters. The van der Waals surface area contributed by atoms with Crippen molar-refractivity contribution in [1.29, 1.82) is 0 Å². The van der Waals surface area contributed by atoms with Gasteiger partial charge in [0.1, 0.15) is 0 Å². The lowest BCUT2D eigenvalue weighted by atomic mass is 10.8. The first kappa shape index (κ1) is 18.8. The molecule has 0 aromatic heterocycles. The highest BCUT2D eigenvalue weighted by atomic mass is 28.5. The summed E-state index contributed by atoms with van der Waals surface area (Å²) in [5.41, 5.74) is 0. The second kappa shape index (κ2) is 7.31. The molecule has 1 N–H and O–H groups in total. The van der Waals surface area contributed by atoms with Gasteiger partial charge in [-0.05, 0) is 51.9 Å². The molecule has 120 valence electrons.